The monoisotopic (exact) mass is 442 g/mol. The van der Waals surface area contributed by atoms with Crippen LogP contribution in [0.15, 0.2) is 63.0 Å². The molecule has 0 atom stereocenters. The van der Waals surface area contributed by atoms with Crippen LogP contribution in [0.2, 0.25) is 5.02 Å². The number of furan rings is 1. The van der Waals surface area contributed by atoms with Crippen molar-refractivity contribution in [1.29, 1.82) is 0 Å². The maximum Gasteiger partial charge on any atom is 0.332 e. The van der Waals surface area contributed by atoms with Crippen molar-refractivity contribution >= 4 is 22.8 Å². The smallest absolute Gasteiger partial charge is 0.332 e. The Labute approximate surface area is 183 Å². The number of benzene rings is 1. The van der Waals surface area contributed by atoms with Crippen molar-refractivity contribution < 1.29 is 9.15 Å². The summed E-state index contributed by atoms with van der Waals surface area (Å²) in [5.74, 6) is 1.27. The Kier molecular flexibility index (Phi) is 6.27. The summed E-state index contributed by atoms with van der Waals surface area (Å²) < 4.78 is 15.6. The van der Waals surface area contributed by atoms with Crippen molar-refractivity contribution in [2.45, 2.75) is 39.4 Å². The first-order valence-electron chi connectivity index (χ1n) is 10.2. The highest BCUT2D eigenvalue weighted by Gasteiger charge is 2.18. The molecule has 0 N–H and O–H groups in total. The molecule has 0 radical (unpaired) electrons. The predicted molar refractivity (Wildman–Crippen MR) is 118 cm³/mol. The number of unbranched alkanes of at least 4 members (excludes halogenated alkanes) is 1. The summed E-state index contributed by atoms with van der Waals surface area (Å²) in [6.07, 6.45) is 4.87. The van der Waals surface area contributed by atoms with E-state index in [0.717, 1.165) is 12.8 Å². The fourth-order valence-corrected chi connectivity index (χ4v) is 3.64. The topological polar surface area (TPSA) is 84.2 Å². The van der Waals surface area contributed by atoms with E-state index < -0.39 is 5.56 Å². The number of nitrogens with zero attached hydrogens (tertiary/aromatic N) is 4. The number of ether oxygens (including phenoxy) is 1. The molecule has 8 nitrogen and oxygen atoms in total. The fraction of sp³-hybridized carbons (Fsp3) is 0.318. The van der Waals surface area contributed by atoms with E-state index in [1.165, 1.54) is 4.57 Å². The molecular weight excluding hydrogens is 420 g/mol. The molecule has 0 fully saturated rings. The summed E-state index contributed by atoms with van der Waals surface area (Å²) in [5, 5.41) is 0.555. The standard InChI is InChI=1S/C22H23ClN4O4/c1-2-3-9-26-20-19(25(15-24-20)14-18-8-5-11-30-18)21(28)27(22(26)29)10-12-31-17-7-4-6-16(23)13-17/h4-8,11,13,15H,2-3,9-10,12,14H2,1H3. The summed E-state index contributed by atoms with van der Waals surface area (Å²) in [4.78, 5) is 30.8. The van der Waals surface area contributed by atoms with E-state index >= 15 is 0 Å². The van der Waals surface area contributed by atoms with Crippen LogP contribution in [0, 0.1) is 0 Å². The Morgan fingerprint density at radius 2 is 2.00 bits per heavy atom. The minimum atomic E-state index is -0.397. The van der Waals surface area contributed by atoms with Crippen LogP contribution in [0.1, 0.15) is 25.5 Å². The summed E-state index contributed by atoms with van der Waals surface area (Å²) >= 11 is 5.98. The van der Waals surface area contributed by atoms with Gasteiger partial charge in [0.1, 0.15) is 18.1 Å². The lowest BCUT2D eigenvalue weighted by atomic mass is 10.3. The van der Waals surface area contributed by atoms with Crippen LogP contribution in [-0.4, -0.2) is 25.3 Å². The highest BCUT2D eigenvalue weighted by Crippen LogP contribution is 2.17. The minimum Gasteiger partial charge on any atom is -0.492 e. The number of rotatable bonds is 9. The van der Waals surface area contributed by atoms with Gasteiger partial charge in [-0.2, -0.15) is 0 Å². The number of imidazole rings is 1. The number of hydrogen-bond donors (Lipinski definition) is 0. The van der Waals surface area contributed by atoms with E-state index in [9.17, 15) is 9.59 Å². The molecule has 0 aliphatic carbocycles. The van der Waals surface area contributed by atoms with Crippen molar-refractivity contribution in [3.63, 3.8) is 0 Å². The van der Waals surface area contributed by atoms with Gasteiger partial charge in [-0.3, -0.25) is 13.9 Å². The molecule has 162 valence electrons. The van der Waals surface area contributed by atoms with Gasteiger partial charge in [0.25, 0.3) is 5.56 Å². The highest BCUT2D eigenvalue weighted by molar-refractivity contribution is 6.30. The average Bonchev–Trinajstić information content (AvgIpc) is 3.41. The SMILES string of the molecule is CCCCn1c(=O)n(CCOc2cccc(Cl)c2)c(=O)c2c1ncn2Cc1ccco1. The van der Waals surface area contributed by atoms with Crippen LogP contribution in [0.5, 0.6) is 5.75 Å². The number of aromatic nitrogens is 4. The average molecular weight is 443 g/mol. The first-order valence-corrected chi connectivity index (χ1v) is 10.6. The molecule has 0 aliphatic rings. The van der Waals surface area contributed by atoms with Crippen molar-refractivity contribution in [2.24, 2.45) is 0 Å². The largest absolute Gasteiger partial charge is 0.492 e. The molecule has 3 aromatic heterocycles. The number of hydrogen-bond acceptors (Lipinski definition) is 5. The summed E-state index contributed by atoms with van der Waals surface area (Å²) in [7, 11) is 0. The summed E-state index contributed by atoms with van der Waals surface area (Å²) in [6, 6.07) is 10.6. The lowest BCUT2D eigenvalue weighted by Crippen LogP contribution is -2.41. The predicted octanol–water partition coefficient (Wildman–Crippen LogP) is 3.53. The Morgan fingerprint density at radius 1 is 1.13 bits per heavy atom. The molecule has 3 heterocycles. The van der Waals surface area contributed by atoms with Crippen LogP contribution in [-0.2, 0) is 19.6 Å². The maximum atomic E-state index is 13.3. The zero-order chi connectivity index (χ0) is 21.8. The minimum absolute atomic E-state index is 0.109. The third-order valence-corrected chi connectivity index (χ3v) is 5.24. The molecule has 0 amide bonds. The van der Waals surface area contributed by atoms with E-state index in [0.29, 0.717) is 40.8 Å². The van der Waals surface area contributed by atoms with Gasteiger partial charge in [-0.1, -0.05) is 31.0 Å². The molecule has 0 spiro atoms. The summed E-state index contributed by atoms with van der Waals surface area (Å²) in [6.45, 7) is 3.15. The van der Waals surface area contributed by atoms with Gasteiger partial charge < -0.3 is 13.7 Å². The van der Waals surface area contributed by atoms with Gasteiger partial charge >= 0.3 is 5.69 Å². The number of halogens is 1. The van der Waals surface area contributed by atoms with Gasteiger partial charge in [0.15, 0.2) is 11.2 Å². The van der Waals surface area contributed by atoms with Gasteiger partial charge in [0, 0.05) is 11.6 Å². The van der Waals surface area contributed by atoms with Crippen molar-refractivity contribution in [3.8, 4) is 5.75 Å². The van der Waals surface area contributed by atoms with E-state index in [-0.39, 0.29) is 18.8 Å². The van der Waals surface area contributed by atoms with E-state index in [1.54, 1.807) is 52.1 Å². The lowest BCUT2D eigenvalue weighted by Gasteiger charge is -2.13. The molecular formula is C22H23ClN4O4. The normalized spacial score (nSPS) is 11.3. The Balaban J connectivity index is 1.70. The second-order valence-electron chi connectivity index (χ2n) is 7.17. The number of fused-ring (bicyclic) bond motifs is 1. The van der Waals surface area contributed by atoms with Crippen LogP contribution >= 0.6 is 11.6 Å². The zero-order valence-electron chi connectivity index (χ0n) is 17.2. The molecule has 31 heavy (non-hydrogen) atoms. The molecule has 1 aromatic carbocycles. The molecule has 0 saturated carbocycles. The maximum absolute atomic E-state index is 13.3. The van der Waals surface area contributed by atoms with Crippen molar-refractivity contribution in [1.82, 2.24) is 18.7 Å². The third kappa shape index (κ3) is 4.44. The first kappa shape index (κ1) is 21.0. The van der Waals surface area contributed by atoms with Gasteiger partial charge in [-0.25, -0.2) is 9.78 Å². The van der Waals surface area contributed by atoms with Gasteiger partial charge in [-0.15, -0.1) is 0 Å². The third-order valence-electron chi connectivity index (χ3n) is 5.00. The molecule has 0 bridgehead atoms. The van der Waals surface area contributed by atoms with Crippen LogP contribution in [0.4, 0.5) is 0 Å². The lowest BCUT2D eigenvalue weighted by molar-refractivity contribution is 0.292. The second-order valence-corrected chi connectivity index (χ2v) is 7.61. The van der Waals surface area contributed by atoms with Crippen molar-refractivity contribution in [3.05, 3.63) is 80.6 Å². The molecule has 4 rings (SSSR count). The molecule has 0 aliphatic heterocycles. The fourth-order valence-electron chi connectivity index (χ4n) is 3.46. The second kappa shape index (κ2) is 9.26. The molecule has 0 saturated heterocycles. The molecule has 0 unspecified atom stereocenters. The van der Waals surface area contributed by atoms with Gasteiger partial charge in [0.05, 0.1) is 25.7 Å². The Bertz CT molecular complexity index is 1290. The van der Waals surface area contributed by atoms with E-state index in [1.807, 2.05) is 13.0 Å². The van der Waals surface area contributed by atoms with Gasteiger partial charge in [-0.05, 0) is 36.8 Å². The molecule has 4 aromatic rings. The van der Waals surface area contributed by atoms with Gasteiger partial charge in [0.2, 0.25) is 0 Å². The quantitative estimate of drug-likeness (QED) is 0.396. The Hall–Kier alpha value is -3.26. The highest BCUT2D eigenvalue weighted by atomic mass is 35.5. The van der Waals surface area contributed by atoms with Crippen molar-refractivity contribution in [2.75, 3.05) is 6.61 Å². The molecule has 9 heteroatoms. The van der Waals surface area contributed by atoms with Crippen LogP contribution < -0.4 is 16.0 Å². The number of aryl methyl sites for hydroxylation is 1. The van der Waals surface area contributed by atoms with E-state index in [4.69, 9.17) is 20.8 Å². The zero-order valence-corrected chi connectivity index (χ0v) is 17.9. The van der Waals surface area contributed by atoms with E-state index in [2.05, 4.69) is 4.98 Å². The van der Waals surface area contributed by atoms with Crippen LogP contribution in [0.3, 0.4) is 0 Å². The summed E-state index contributed by atoms with van der Waals surface area (Å²) in [5.41, 5.74) is -0.0211. The van der Waals surface area contributed by atoms with Crippen LogP contribution in [0.25, 0.3) is 11.2 Å². The first-order chi connectivity index (χ1) is 15.1. The Morgan fingerprint density at radius 3 is 2.74 bits per heavy atom.